The number of methoxy groups -OCH3 is 2. The van der Waals surface area contributed by atoms with Crippen molar-refractivity contribution in [3.05, 3.63) is 53.6 Å². The van der Waals surface area contributed by atoms with E-state index in [0.29, 0.717) is 17.4 Å². The Morgan fingerprint density at radius 2 is 1.44 bits per heavy atom. The number of nitrogens with two attached hydrogens (primary N) is 1. The van der Waals surface area contributed by atoms with Crippen LogP contribution in [0, 0.1) is 0 Å². The van der Waals surface area contributed by atoms with Gasteiger partial charge < -0.3 is 15.2 Å². The lowest BCUT2D eigenvalue weighted by Gasteiger charge is -2.15. The highest BCUT2D eigenvalue weighted by Gasteiger charge is 2.18. The molecule has 0 heterocycles. The van der Waals surface area contributed by atoms with Gasteiger partial charge >= 0.3 is 0 Å². The Morgan fingerprint density at radius 3 is 1.89 bits per heavy atom. The second-order valence-electron chi connectivity index (χ2n) is 6.33. The topological polar surface area (TPSA) is 90.6 Å². The van der Waals surface area contributed by atoms with Crippen LogP contribution in [0.2, 0.25) is 0 Å². The fraction of sp³-hybridized carbons (Fsp3) is 0.368. The predicted octanol–water partition coefficient (Wildman–Crippen LogP) is 3.23. The van der Waals surface area contributed by atoms with Crippen LogP contribution >= 0.6 is 12.4 Å². The van der Waals surface area contributed by atoms with Crippen molar-refractivity contribution in [3.8, 4) is 11.5 Å². The van der Waals surface area contributed by atoms with Crippen molar-refractivity contribution in [2.45, 2.75) is 30.7 Å². The maximum absolute atomic E-state index is 12.6. The Balaban J connectivity index is 0.00000364. The molecule has 0 aliphatic heterocycles. The molecule has 27 heavy (non-hydrogen) atoms. The average Bonchev–Trinajstić information content (AvgIpc) is 2.65. The van der Waals surface area contributed by atoms with Crippen LogP contribution in [0.15, 0.2) is 47.4 Å². The summed E-state index contributed by atoms with van der Waals surface area (Å²) in [5, 5.41) is 0. The molecule has 2 aromatic carbocycles. The van der Waals surface area contributed by atoms with Crippen LogP contribution < -0.4 is 19.9 Å². The van der Waals surface area contributed by atoms with E-state index in [4.69, 9.17) is 15.2 Å². The summed E-state index contributed by atoms with van der Waals surface area (Å²) in [6, 6.07) is 11.9. The Morgan fingerprint density at radius 1 is 0.963 bits per heavy atom. The minimum atomic E-state index is -3.74. The molecule has 2 rings (SSSR count). The molecule has 0 aliphatic rings. The van der Waals surface area contributed by atoms with Crippen LogP contribution in [0.25, 0.3) is 0 Å². The summed E-state index contributed by atoms with van der Waals surface area (Å²) in [4.78, 5) is 0.0658. The predicted molar refractivity (Wildman–Crippen MR) is 109 cm³/mol. The first-order valence-electron chi connectivity index (χ1n) is 8.35. The monoisotopic (exact) mass is 414 g/mol. The molecule has 0 amide bonds. The Bertz CT molecular complexity index is 817. The highest BCUT2D eigenvalue weighted by atomic mass is 35.5. The largest absolute Gasteiger partial charge is 0.497 e. The maximum atomic E-state index is 12.6. The highest BCUT2D eigenvalue weighted by Crippen LogP contribution is 2.25. The molecule has 0 spiro atoms. The van der Waals surface area contributed by atoms with E-state index in [0.717, 1.165) is 5.56 Å². The number of ether oxygens (including phenoxy) is 2. The van der Waals surface area contributed by atoms with Gasteiger partial charge in [0.05, 0.1) is 19.1 Å². The molecule has 0 aromatic heterocycles. The molecule has 0 saturated carbocycles. The minimum Gasteiger partial charge on any atom is -0.497 e. The number of halogens is 1. The molecule has 0 bridgehead atoms. The molecule has 1 atom stereocenters. The van der Waals surface area contributed by atoms with Crippen molar-refractivity contribution in [3.63, 3.8) is 0 Å². The first kappa shape index (κ1) is 23.2. The number of sulfonamides is 1. The lowest BCUT2D eigenvalue weighted by molar-refractivity contribution is 0.392. The van der Waals surface area contributed by atoms with E-state index in [-0.39, 0.29) is 23.8 Å². The van der Waals surface area contributed by atoms with Gasteiger partial charge in [-0.25, -0.2) is 13.1 Å². The molecule has 3 N–H and O–H groups in total. The van der Waals surface area contributed by atoms with Gasteiger partial charge in [-0.2, -0.15) is 0 Å². The van der Waals surface area contributed by atoms with Crippen LogP contribution in [0.5, 0.6) is 11.5 Å². The third kappa shape index (κ3) is 6.10. The maximum Gasteiger partial charge on any atom is 0.240 e. The van der Waals surface area contributed by atoms with E-state index >= 15 is 0 Å². The molecule has 0 saturated heterocycles. The van der Waals surface area contributed by atoms with Crippen LogP contribution in [0.3, 0.4) is 0 Å². The number of hydrogen-bond donors (Lipinski definition) is 2. The average molecular weight is 415 g/mol. The van der Waals surface area contributed by atoms with Crippen molar-refractivity contribution in [1.29, 1.82) is 0 Å². The minimum absolute atomic E-state index is 0. The molecule has 1 unspecified atom stereocenters. The van der Waals surface area contributed by atoms with Crippen molar-refractivity contribution in [2.75, 3.05) is 20.8 Å². The molecule has 2 aromatic rings. The zero-order valence-corrected chi connectivity index (χ0v) is 17.6. The molecular weight excluding hydrogens is 388 g/mol. The van der Waals surface area contributed by atoms with E-state index in [1.165, 1.54) is 31.9 Å². The molecular formula is C19H27ClN2O4S. The van der Waals surface area contributed by atoms with Crippen LogP contribution in [0.1, 0.15) is 36.9 Å². The van der Waals surface area contributed by atoms with Crippen molar-refractivity contribution in [2.24, 2.45) is 5.73 Å². The molecule has 6 nitrogen and oxygen atoms in total. The first-order valence-corrected chi connectivity index (χ1v) is 9.83. The smallest absolute Gasteiger partial charge is 0.240 e. The fourth-order valence-electron chi connectivity index (χ4n) is 2.47. The highest BCUT2D eigenvalue weighted by molar-refractivity contribution is 7.89. The van der Waals surface area contributed by atoms with E-state index in [1.54, 1.807) is 6.07 Å². The molecule has 0 radical (unpaired) electrons. The zero-order valence-electron chi connectivity index (χ0n) is 15.9. The first-order chi connectivity index (χ1) is 12.3. The summed E-state index contributed by atoms with van der Waals surface area (Å²) in [5.74, 6) is 1.23. The third-order valence-corrected chi connectivity index (χ3v) is 5.56. The van der Waals surface area contributed by atoms with Gasteiger partial charge in [0.2, 0.25) is 10.0 Å². The SMILES string of the molecule is COc1cc(OC)cc(S(=O)(=O)NCC(N)c2ccc(C(C)C)cc2)c1.Cl. The van der Waals surface area contributed by atoms with E-state index in [1.807, 2.05) is 24.3 Å². The van der Waals surface area contributed by atoms with Crippen LogP contribution in [-0.4, -0.2) is 29.2 Å². The van der Waals surface area contributed by atoms with Crippen LogP contribution in [-0.2, 0) is 10.0 Å². The van der Waals surface area contributed by atoms with E-state index in [2.05, 4.69) is 18.6 Å². The summed E-state index contributed by atoms with van der Waals surface area (Å²) >= 11 is 0. The summed E-state index contributed by atoms with van der Waals surface area (Å²) in [6.45, 7) is 4.32. The van der Waals surface area contributed by atoms with Gasteiger partial charge in [-0.15, -0.1) is 12.4 Å². The van der Waals surface area contributed by atoms with Gasteiger partial charge in [0.1, 0.15) is 11.5 Å². The number of nitrogens with one attached hydrogen (secondary N) is 1. The molecule has 8 heteroatoms. The Labute approximate surface area is 167 Å². The molecule has 150 valence electrons. The standard InChI is InChI=1S/C19H26N2O4S.ClH/c1-13(2)14-5-7-15(8-6-14)19(20)12-21-26(22,23)18-10-16(24-3)9-17(11-18)25-4;/h5-11,13,19,21H,12,20H2,1-4H3;1H. The molecule has 0 aliphatic carbocycles. The third-order valence-electron chi connectivity index (χ3n) is 4.16. The van der Waals surface area contributed by atoms with Gasteiger partial charge in [-0.1, -0.05) is 38.1 Å². The van der Waals surface area contributed by atoms with Gasteiger partial charge in [0.25, 0.3) is 0 Å². The van der Waals surface area contributed by atoms with Gasteiger partial charge in [-0.05, 0) is 17.0 Å². The summed E-state index contributed by atoms with van der Waals surface area (Å²) < 4.78 is 37.9. The fourth-order valence-corrected chi connectivity index (χ4v) is 3.57. The quantitative estimate of drug-likeness (QED) is 0.692. The zero-order chi connectivity index (χ0) is 19.3. The number of rotatable bonds is 8. The van der Waals surface area contributed by atoms with E-state index < -0.39 is 16.1 Å². The normalized spacial score (nSPS) is 12.4. The Hall–Kier alpha value is -1.80. The van der Waals surface area contributed by atoms with Crippen molar-refractivity contribution < 1.29 is 17.9 Å². The van der Waals surface area contributed by atoms with Gasteiger partial charge in [0, 0.05) is 30.8 Å². The molecule has 0 fully saturated rings. The van der Waals surface area contributed by atoms with Crippen LogP contribution in [0.4, 0.5) is 0 Å². The number of hydrogen-bond acceptors (Lipinski definition) is 5. The number of benzene rings is 2. The van der Waals surface area contributed by atoms with Crippen molar-refractivity contribution >= 4 is 22.4 Å². The lowest BCUT2D eigenvalue weighted by Crippen LogP contribution is -2.32. The van der Waals surface area contributed by atoms with Gasteiger partial charge in [-0.3, -0.25) is 0 Å². The van der Waals surface area contributed by atoms with Gasteiger partial charge in [0.15, 0.2) is 0 Å². The summed E-state index contributed by atoms with van der Waals surface area (Å²) in [6.07, 6.45) is 0. The summed E-state index contributed by atoms with van der Waals surface area (Å²) in [7, 11) is -0.805. The lowest BCUT2D eigenvalue weighted by atomic mass is 9.99. The second kappa shape index (κ2) is 9.94. The van der Waals surface area contributed by atoms with E-state index in [9.17, 15) is 8.42 Å². The van der Waals surface area contributed by atoms with Crippen molar-refractivity contribution in [1.82, 2.24) is 4.72 Å². The Kier molecular flexibility index (Phi) is 8.56. The summed E-state index contributed by atoms with van der Waals surface area (Å²) in [5.41, 5.74) is 8.23. The second-order valence-corrected chi connectivity index (χ2v) is 8.10.